The van der Waals surface area contributed by atoms with Gasteiger partial charge in [0.15, 0.2) is 0 Å². The van der Waals surface area contributed by atoms with E-state index in [2.05, 4.69) is 6.07 Å². The molecule has 4 rings (SSSR count). The van der Waals surface area contributed by atoms with E-state index >= 15 is 0 Å². The molecule has 136 valence electrons. The standard InChI is InChI=1S/C21H24N2O3/c1-2-26-18-14-19(24)22-12-6-5-11-17(22)20(18)21(25)23-13-7-9-15-8-3-4-10-16(15)23/h3-4,8,10,14H,2,5-7,9,11-13H2,1H3. The highest BCUT2D eigenvalue weighted by Crippen LogP contribution is 2.32. The number of ether oxygens (including phenoxy) is 1. The second kappa shape index (κ2) is 6.98. The molecule has 5 heteroatoms. The van der Waals surface area contributed by atoms with Crippen molar-refractivity contribution in [1.82, 2.24) is 4.57 Å². The predicted molar refractivity (Wildman–Crippen MR) is 101 cm³/mol. The van der Waals surface area contributed by atoms with Gasteiger partial charge < -0.3 is 14.2 Å². The highest BCUT2D eigenvalue weighted by molar-refractivity contribution is 6.09. The fraction of sp³-hybridized carbons (Fsp3) is 0.429. The number of benzene rings is 1. The summed E-state index contributed by atoms with van der Waals surface area (Å²) >= 11 is 0. The van der Waals surface area contributed by atoms with Crippen LogP contribution in [0, 0.1) is 0 Å². The van der Waals surface area contributed by atoms with E-state index in [1.165, 1.54) is 11.6 Å². The molecule has 0 bridgehead atoms. The second-order valence-corrected chi connectivity index (χ2v) is 6.90. The van der Waals surface area contributed by atoms with Crippen LogP contribution in [0.2, 0.25) is 0 Å². The summed E-state index contributed by atoms with van der Waals surface area (Å²) in [6, 6.07) is 9.57. The predicted octanol–water partition coefficient (Wildman–Crippen LogP) is 3.18. The highest BCUT2D eigenvalue weighted by Gasteiger charge is 2.30. The third-order valence-corrected chi connectivity index (χ3v) is 5.30. The normalized spacial score (nSPS) is 16.0. The van der Waals surface area contributed by atoms with Crippen LogP contribution in [0.15, 0.2) is 35.1 Å². The number of hydrogen-bond donors (Lipinski definition) is 0. The Kier molecular flexibility index (Phi) is 4.53. The largest absolute Gasteiger partial charge is 0.493 e. The smallest absolute Gasteiger partial charge is 0.263 e. The van der Waals surface area contributed by atoms with Gasteiger partial charge in [-0.25, -0.2) is 0 Å². The summed E-state index contributed by atoms with van der Waals surface area (Å²) in [6.07, 6.45) is 4.64. The lowest BCUT2D eigenvalue weighted by molar-refractivity contribution is 0.0978. The number of rotatable bonds is 3. The van der Waals surface area contributed by atoms with Crippen molar-refractivity contribution in [3.8, 4) is 5.75 Å². The van der Waals surface area contributed by atoms with Crippen molar-refractivity contribution in [2.45, 2.75) is 45.6 Å². The number of hydrogen-bond acceptors (Lipinski definition) is 3. The van der Waals surface area contributed by atoms with E-state index in [0.717, 1.165) is 43.5 Å². The molecule has 0 fully saturated rings. The van der Waals surface area contributed by atoms with Gasteiger partial charge in [-0.2, -0.15) is 0 Å². The van der Waals surface area contributed by atoms with Crippen molar-refractivity contribution in [1.29, 1.82) is 0 Å². The van der Waals surface area contributed by atoms with Crippen LogP contribution in [0.4, 0.5) is 5.69 Å². The maximum Gasteiger partial charge on any atom is 0.263 e. The van der Waals surface area contributed by atoms with Gasteiger partial charge in [-0.3, -0.25) is 9.59 Å². The summed E-state index contributed by atoms with van der Waals surface area (Å²) in [5, 5.41) is 0. The Hall–Kier alpha value is -2.56. The third kappa shape index (κ3) is 2.81. The van der Waals surface area contributed by atoms with Crippen LogP contribution in [0.5, 0.6) is 5.75 Å². The van der Waals surface area contributed by atoms with Crippen LogP contribution in [-0.4, -0.2) is 23.6 Å². The SMILES string of the molecule is CCOc1cc(=O)n2c(c1C(=O)N1CCCc3ccccc31)CCCC2. The number of para-hydroxylation sites is 1. The van der Waals surface area contributed by atoms with E-state index in [1.54, 1.807) is 4.57 Å². The van der Waals surface area contributed by atoms with E-state index in [0.29, 0.717) is 31.0 Å². The molecule has 2 aromatic rings. The lowest BCUT2D eigenvalue weighted by Crippen LogP contribution is -2.38. The van der Waals surface area contributed by atoms with Crippen LogP contribution in [0.25, 0.3) is 0 Å². The van der Waals surface area contributed by atoms with Crippen LogP contribution in [0.3, 0.4) is 0 Å². The number of carbonyl (C=O) groups excluding carboxylic acids is 1. The summed E-state index contributed by atoms with van der Waals surface area (Å²) in [6.45, 7) is 3.68. The van der Waals surface area contributed by atoms with Crippen LogP contribution < -0.4 is 15.2 Å². The number of fused-ring (bicyclic) bond motifs is 2. The minimum Gasteiger partial charge on any atom is -0.493 e. The number of aryl methyl sites for hydroxylation is 1. The lowest BCUT2D eigenvalue weighted by atomic mass is 9.98. The lowest BCUT2D eigenvalue weighted by Gasteiger charge is -2.31. The topological polar surface area (TPSA) is 51.5 Å². The Morgan fingerprint density at radius 2 is 1.96 bits per heavy atom. The minimum atomic E-state index is -0.0706. The second-order valence-electron chi connectivity index (χ2n) is 6.90. The highest BCUT2D eigenvalue weighted by atomic mass is 16.5. The van der Waals surface area contributed by atoms with E-state index < -0.39 is 0 Å². The molecular weight excluding hydrogens is 328 g/mol. The van der Waals surface area contributed by atoms with Gasteiger partial charge in [0.05, 0.1) is 6.61 Å². The third-order valence-electron chi connectivity index (χ3n) is 5.30. The summed E-state index contributed by atoms with van der Waals surface area (Å²) in [5.74, 6) is 0.380. The number of carbonyl (C=O) groups is 1. The number of aromatic nitrogens is 1. The molecule has 2 aliphatic heterocycles. The van der Waals surface area contributed by atoms with Gasteiger partial charge in [0.1, 0.15) is 11.3 Å². The van der Waals surface area contributed by atoms with E-state index in [9.17, 15) is 9.59 Å². The van der Waals surface area contributed by atoms with Gasteiger partial charge in [-0.15, -0.1) is 0 Å². The average molecular weight is 352 g/mol. The van der Waals surface area contributed by atoms with E-state index in [4.69, 9.17) is 4.74 Å². The summed E-state index contributed by atoms with van der Waals surface area (Å²) in [5.41, 5.74) is 3.51. The van der Waals surface area contributed by atoms with Gasteiger partial charge in [0.25, 0.3) is 11.5 Å². The Labute approximate surface area is 153 Å². The zero-order valence-corrected chi connectivity index (χ0v) is 15.2. The van der Waals surface area contributed by atoms with Crippen molar-refractivity contribution in [2.24, 2.45) is 0 Å². The molecule has 2 aliphatic rings. The van der Waals surface area contributed by atoms with Crippen LogP contribution >= 0.6 is 0 Å². The Morgan fingerprint density at radius 1 is 1.12 bits per heavy atom. The van der Waals surface area contributed by atoms with Gasteiger partial charge in [0, 0.05) is 30.5 Å². The van der Waals surface area contributed by atoms with Gasteiger partial charge in [-0.05, 0) is 50.7 Å². The van der Waals surface area contributed by atoms with Crippen LogP contribution in [-0.2, 0) is 19.4 Å². The molecule has 0 aliphatic carbocycles. The maximum absolute atomic E-state index is 13.6. The zero-order chi connectivity index (χ0) is 18.1. The van der Waals surface area contributed by atoms with Gasteiger partial charge in [0.2, 0.25) is 0 Å². The molecular formula is C21H24N2O3. The Morgan fingerprint density at radius 3 is 2.81 bits per heavy atom. The molecule has 0 radical (unpaired) electrons. The molecule has 0 saturated carbocycles. The molecule has 26 heavy (non-hydrogen) atoms. The van der Waals surface area contributed by atoms with Crippen molar-refractivity contribution >= 4 is 11.6 Å². The van der Waals surface area contributed by atoms with Gasteiger partial charge >= 0.3 is 0 Å². The molecule has 0 N–H and O–H groups in total. The van der Waals surface area contributed by atoms with Gasteiger partial charge in [-0.1, -0.05) is 18.2 Å². The monoisotopic (exact) mass is 352 g/mol. The summed E-state index contributed by atoms with van der Waals surface area (Å²) in [4.78, 5) is 27.9. The average Bonchev–Trinajstić information content (AvgIpc) is 2.68. The minimum absolute atomic E-state index is 0.0498. The fourth-order valence-corrected chi connectivity index (χ4v) is 4.12. The van der Waals surface area contributed by atoms with Crippen LogP contribution in [0.1, 0.15) is 47.8 Å². The van der Waals surface area contributed by atoms with E-state index in [-0.39, 0.29) is 11.5 Å². The number of nitrogens with zero attached hydrogens (tertiary/aromatic N) is 2. The van der Waals surface area contributed by atoms with E-state index in [1.807, 2.05) is 30.0 Å². The first kappa shape index (κ1) is 16.9. The number of pyridine rings is 1. The maximum atomic E-state index is 13.6. The fourth-order valence-electron chi connectivity index (χ4n) is 4.12. The number of amides is 1. The van der Waals surface area contributed by atoms with Crippen molar-refractivity contribution in [3.63, 3.8) is 0 Å². The molecule has 1 aromatic carbocycles. The first-order chi connectivity index (χ1) is 12.7. The van der Waals surface area contributed by atoms with Crippen molar-refractivity contribution < 1.29 is 9.53 Å². The Bertz CT molecular complexity index is 901. The molecule has 1 amide bonds. The molecule has 1 aromatic heterocycles. The molecule has 0 atom stereocenters. The van der Waals surface area contributed by atoms with Crippen molar-refractivity contribution in [2.75, 3.05) is 18.1 Å². The Balaban J connectivity index is 1.85. The molecule has 0 saturated heterocycles. The molecule has 0 unspecified atom stereocenters. The molecule has 0 spiro atoms. The number of anilines is 1. The summed E-state index contributed by atoms with van der Waals surface area (Å²) in [7, 11) is 0. The molecule has 5 nitrogen and oxygen atoms in total. The zero-order valence-electron chi connectivity index (χ0n) is 15.2. The summed E-state index contributed by atoms with van der Waals surface area (Å²) < 4.78 is 7.48. The quantitative estimate of drug-likeness (QED) is 0.852. The first-order valence-corrected chi connectivity index (χ1v) is 9.50. The molecule has 3 heterocycles. The first-order valence-electron chi connectivity index (χ1n) is 9.50. The van der Waals surface area contributed by atoms with Crippen molar-refractivity contribution in [3.05, 3.63) is 57.5 Å².